The first-order chi connectivity index (χ1) is 13.6. The van der Waals surface area contributed by atoms with Gasteiger partial charge in [-0.3, -0.25) is 14.2 Å². The highest BCUT2D eigenvalue weighted by Crippen LogP contribution is 2.35. The van der Waals surface area contributed by atoms with Crippen molar-refractivity contribution < 1.29 is 4.79 Å². The van der Waals surface area contributed by atoms with Gasteiger partial charge in [0.25, 0.3) is 5.56 Å². The number of amides is 1. The summed E-state index contributed by atoms with van der Waals surface area (Å²) in [6.45, 7) is 3.62. The number of benzene rings is 1. The topological polar surface area (TPSA) is 55.2 Å². The number of carbonyl (C=O) groups excluding carboxylic acids is 1. The lowest BCUT2D eigenvalue weighted by Crippen LogP contribution is -2.38. The van der Waals surface area contributed by atoms with Gasteiger partial charge in [0.1, 0.15) is 11.4 Å². The number of rotatable bonds is 3. The van der Waals surface area contributed by atoms with Gasteiger partial charge in [0.15, 0.2) is 0 Å². The second kappa shape index (κ2) is 8.27. The van der Waals surface area contributed by atoms with Crippen LogP contribution in [0.5, 0.6) is 0 Å². The first kappa shape index (κ1) is 18.9. The number of nitrogens with zero attached hydrogens (tertiary/aromatic N) is 3. The molecule has 3 heterocycles. The third-order valence-electron chi connectivity index (χ3n) is 5.47. The molecule has 1 amide bonds. The highest BCUT2D eigenvalue weighted by atomic mass is 32.1. The van der Waals surface area contributed by atoms with Crippen LogP contribution in [0.15, 0.2) is 41.5 Å². The average Bonchev–Trinajstić information content (AvgIpc) is 3.01. The lowest BCUT2D eigenvalue weighted by molar-refractivity contribution is -0.132. The van der Waals surface area contributed by atoms with Gasteiger partial charge in [-0.25, -0.2) is 4.98 Å². The molecule has 0 atom stereocenters. The number of fused-ring (bicyclic) bond motifs is 1. The highest BCUT2D eigenvalue weighted by Gasteiger charge is 2.19. The van der Waals surface area contributed by atoms with Gasteiger partial charge in [-0.05, 0) is 30.9 Å². The van der Waals surface area contributed by atoms with E-state index in [1.54, 1.807) is 0 Å². The Balaban J connectivity index is 1.63. The van der Waals surface area contributed by atoms with Crippen LogP contribution >= 0.6 is 11.3 Å². The second-order valence-electron chi connectivity index (χ2n) is 7.43. The summed E-state index contributed by atoms with van der Waals surface area (Å²) in [5, 5.41) is 0.631. The molecule has 1 aliphatic heterocycles. The van der Waals surface area contributed by atoms with Crippen LogP contribution in [0.1, 0.15) is 37.7 Å². The molecule has 0 radical (unpaired) electrons. The van der Waals surface area contributed by atoms with Crippen LogP contribution in [-0.4, -0.2) is 33.4 Å². The summed E-state index contributed by atoms with van der Waals surface area (Å²) in [6, 6.07) is 10.1. The quantitative estimate of drug-likeness (QED) is 0.667. The number of hydrogen-bond donors (Lipinski definition) is 0. The van der Waals surface area contributed by atoms with Gasteiger partial charge in [0, 0.05) is 18.0 Å². The summed E-state index contributed by atoms with van der Waals surface area (Å²) in [4.78, 5) is 34.1. The molecule has 0 spiro atoms. The lowest BCUT2D eigenvalue weighted by Gasteiger charge is -2.25. The maximum absolute atomic E-state index is 13.1. The average molecular weight is 396 g/mol. The predicted molar refractivity (Wildman–Crippen MR) is 114 cm³/mol. The Morgan fingerprint density at radius 1 is 1.07 bits per heavy atom. The van der Waals surface area contributed by atoms with Gasteiger partial charge < -0.3 is 4.90 Å². The molecule has 2 aromatic heterocycles. The van der Waals surface area contributed by atoms with Crippen molar-refractivity contribution in [3.05, 3.63) is 52.6 Å². The first-order valence-corrected chi connectivity index (χ1v) is 10.8. The van der Waals surface area contributed by atoms with Gasteiger partial charge in [0.2, 0.25) is 5.91 Å². The zero-order valence-electron chi connectivity index (χ0n) is 16.2. The highest BCUT2D eigenvalue weighted by molar-refractivity contribution is 7.22. The van der Waals surface area contributed by atoms with E-state index >= 15 is 0 Å². The van der Waals surface area contributed by atoms with Crippen molar-refractivity contribution >= 4 is 27.5 Å². The lowest BCUT2D eigenvalue weighted by atomic mass is 10.1. The molecule has 4 rings (SSSR count). The van der Waals surface area contributed by atoms with E-state index in [2.05, 4.69) is 4.98 Å². The Labute approximate surface area is 168 Å². The van der Waals surface area contributed by atoms with E-state index in [0.717, 1.165) is 46.8 Å². The smallest absolute Gasteiger partial charge is 0.262 e. The monoisotopic (exact) mass is 395 g/mol. The molecule has 1 aliphatic rings. The molecule has 0 aliphatic carbocycles. The van der Waals surface area contributed by atoms with E-state index < -0.39 is 0 Å². The molecule has 1 aromatic carbocycles. The largest absolute Gasteiger partial charge is 0.341 e. The van der Waals surface area contributed by atoms with Crippen LogP contribution in [0.2, 0.25) is 0 Å². The Kier molecular flexibility index (Phi) is 5.57. The molecule has 5 nitrogen and oxygen atoms in total. The first-order valence-electron chi connectivity index (χ1n) is 9.97. The van der Waals surface area contributed by atoms with Crippen LogP contribution in [0.4, 0.5) is 0 Å². The second-order valence-corrected chi connectivity index (χ2v) is 8.43. The van der Waals surface area contributed by atoms with Gasteiger partial charge in [-0.2, -0.15) is 0 Å². The molecule has 0 saturated carbocycles. The van der Waals surface area contributed by atoms with Crippen LogP contribution in [0, 0.1) is 6.92 Å². The number of aryl methyl sites for hydroxylation is 1. The third kappa shape index (κ3) is 3.74. The van der Waals surface area contributed by atoms with E-state index in [1.165, 1.54) is 41.5 Å². The minimum Gasteiger partial charge on any atom is -0.341 e. The number of carbonyl (C=O) groups is 1. The van der Waals surface area contributed by atoms with E-state index in [4.69, 9.17) is 0 Å². The summed E-state index contributed by atoms with van der Waals surface area (Å²) in [5.41, 5.74) is 1.91. The van der Waals surface area contributed by atoms with Crippen LogP contribution < -0.4 is 5.56 Å². The predicted octanol–water partition coefficient (Wildman–Crippen LogP) is 4.23. The van der Waals surface area contributed by atoms with Crippen molar-refractivity contribution in [3.63, 3.8) is 0 Å². The van der Waals surface area contributed by atoms with E-state index in [0.29, 0.717) is 5.39 Å². The summed E-state index contributed by atoms with van der Waals surface area (Å²) >= 11 is 1.53. The normalized spacial score (nSPS) is 15.4. The van der Waals surface area contributed by atoms with Crippen molar-refractivity contribution in [3.8, 4) is 10.4 Å². The molecule has 0 N–H and O–H groups in total. The SMILES string of the molecule is Cc1c(-c2ccccc2)sc2ncn(CC(=O)N3CCCCCCC3)c(=O)c12. The Hall–Kier alpha value is -2.47. The zero-order chi connectivity index (χ0) is 19.5. The van der Waals surface area contributed by atoms with Crippen molar-refractivity contribution in [2.75, 3.05) is 13.1 Å². The third-order valence-corrected chi connectivity index (χ3v) is 6.72. The van der Waals surface area contributed by atoms with Crippen LogP contribution in [0.3, 0.4) is 0 Å². The Morgan fingerprint density at radius 3 is 2.46 bits per heavy atom. The fourth-order valence-electron chi connectivity index (χ4n) is 3.88. The van der Waals surface area contributed by atoms with Crippen molar-refractivity contribution in [1.29, 1.82) is 0 Å². The summed E-state index contributed by atoms with van der Waals surface area (Å²) in [6.07, 6.45) is 7.21. The van der Waals surface area contributed by atoms with E-state index in [-0.39, 0.29) is 18.0 Å². The van der Waals surface area contributed by atoms with Gasteiger partial charge in [-0.1, -0.05) is 49.6 Å². The number of hydrogen-bond acceptors (Lipinski definition) is 4. The van der Waals surface area contributed by atoms with E-state index in [9.17, 15) is 9.59 Å². The van der Waals surface area contributed by atoms with Gasteiger partial charge in [-0.15, -0.1) is 11.3 Å². The number of aromatic nitrogens is 2. The molecule has 28 heavy (non-hydrogen) atoms. The zero-order valence-corrected chi connectivity index (χ0v) is 17.0. The molecule has 1 fully saturated rings. The minimum absolute atomic E-state index is 0.0151. The standard InChI is InChI=1S/C22H25N3O2S/c1-16-19-21(28-20(16)17-10-6-5-7-11-17)23-15-25(22(19)27)14-18(26)24-12-8-3-2-4-9-13-24/h5-7,10-11,15H,2-4,8-9,12-14H2,1H3. The van der Waals surface area contributed by atoms with Gasteiger partial charge in [0.05, 0.1) is 11.7 Å². The minimum atomic E-state index is -0.124. The van der Waals surface area contributed by atoms with Crippen molar-refractivity contribution in [1.82, 2.24) is 14.5 Å². The van der Waals surface area contributed by atoms with E-state index in [1.807, 2.05) is 42.2 Å². The Bertz CT molecular complexity index is 1030. The Morgan fingerprint density at radius 2 is 1.75 bits per heavy atom. The summed E-state index contributed by atoms with van der Waals surface area (Å²) in [5.74, 6) is 0.0151. The van der Waals surface area contributed by atoms with Crippen LogP contribution in [-0.2, 0) is 11.3 Å². The molecule has 6 heteroatoms. The van der Waals surface area contributed by atoms with Crippen molar-refractivity contribution in [2.45, 2.75) is 45.6 Å². The molecule has 1 saturated heterocycles. The molecule has 0 unspecified atom stereocenters. The molecular formula is C22H25N3O2S. The van der Waals surface area contributed by atoms with Crippen molar-refractivity contribution in [2.24, 2.45) is 0 Å². The number of thiophene rings is 1. The fraction of sp³-hybridized carbons (Fsp3) is 0.409. The molecule has 0 bridgehead atoms. The molecule has 146 valence electrons. The fourth-order valence-corrected chi connectivity index (χ4v) is 5.02. The summed E-state index contributed by atoms with van der Waals surface area (Å²) < 4.78 is 1.47. The maximum Gasteiger partial charge on any atom is 0.262 e. The van der Waals surface area contributed by atoms with Crippen LogP contribution in [0.25, 0.3) is 20.7 Å². The van der Waals surface area contributed by atoms with Gasteiger partial charge >= 0.3 is 0 Å². The molecule has 3 aromatic rings. The number of likely N-dealkylation sites (tertiary alicyclic amines) is 1. The maximum atomic E-state index is 13.1. The summed E-state index contributed by atoms with van der Waals surface area (Å²) in [7, 11) is 0. The molecular weight excluding hydrogens is 370 g/mol.